The van der Waals surface area contributed by atoms with Gasteiger partial charge >= 0.3 is 6.09 Å². The molecule has 25 heavy (non-hydrogen) atoms. The molecule has 1 atom stereocenters. The van der Waals surface area contributed by atoms with Gasteiger partial charge in [-0.25, -0.2) is 9.69 Å². The summed E-state index contributed by atoms with van der Waals surface area (Å²) in [6, 6.07) is 15.3. The van der Waals surface area contributed by atoms with E-state index < -0.39 is 11.7 Å². The van der Waals surface area contributed by atoms with Crippen molar-refractivity contribution in [1.29, 1.82) is 0 Å². The number of hydrogen-bond acceptors (Lipinski definition) is 3. The average Bonchev–Trinajstić information content (AvgIpc) is 2.80. The monoisotopic (exact) mass is 401 g/mol. The van der Waals surface area contributed by atoms with Gasteiger partial charge in [-0.15, -0.1) is 0 Å². The van der Waals surface area contributed by atoms with Crippen LogP contribution in [-0.4, -0.2) is 17.6 Å². The summed E-state index contributed by atoms with van der Waals surface area (Å²) in [5, 5.41) is 0. The van der Waals surface area contributed by atoms with E-state index in [0.717, 1.165) is 15.6 Å². The molecule has 2 aromatic rings. The largest absolute Gasteiger partial charge is 0.443 e. The van der Waals surface area contributed by atoms with Gasteiger partial charge in [-0.3, -0.25) is 4.79 Å². The first-order valence-corrected chi connectivity index (χ1v) is 8.96. The molecule has 0 radical (unpaired) electrons. The maximum Gasteiger partial charge on any atom is 0.421 e. The Balaban J connectivity index is 1.92. The van der Waals surface area contributed by atoms with Gasteiger partial charge in [-0.05, 0) is 56.5 Å². The van der Waals surface area contributed by atoms with Crippen LogP contribution >= 0.6 is 15.9 Å². The minimum Gasteiger partial charge on any atom is -0.443 e. The van der Waals surface area contributed by atoms with Crippen LogP contribution in [0.5, 0.6) is 0 Å². The third-order valence-corrected chi connectivity index (χ3v) is 4.53. The lowest BCUT2D eigenvalue weighted by atomic mass is 9.93. The molecule has 0 fully saturated rings. The van der Waals surface area contributed by atoms with Crippen molar-refractivity contribution in [3.05, 3.63) is 64.1 Å². The molecule has 0 saturated heterocycles. The van der Waals surface area contributed by atoms with Crippen LogP contribution in [0.3, 0.4) is 0 Å². The molecule has 0 spiro atoms. The number of hydrogen-bond donors (Lipinski definition) is 0. The van der Waals surface area contributed by atoms with E-state index in [0.29, 0.717) is 12.1 Å². The van der Waals surface area contributed by atoms with E-state index in [4.69, 9.17) is 4.74 Å². The Labute approximate surface area is 155 Å². The van der Waals surface area contributed by atoms with Gasteiger partial charge in [0.1, 0.15) is 5.60 Å². The maximum atomic E-state index is 13.0. The van der Waals surface area contributed by atoms with E-state index in [1.165, 1.54) is 4.90 Å². The number of rotatable bonds is 2. The lowest BCUT2D eigenvalue weighted by Crippen LogP contribution is -2.39. The molecule has 0 saturated carbocycles. The number of benzene rings is 2. The first-order chi connectivity index (χ1) is 11.8. The number of anilines is 1. The van der Waals surface area contributed by atoms with Gasteiger partial charge in [0, 0.05) is 4.47 Å². The summed E-state index contributed by atoms with van der Waals surface area (Å²) in [4.78, 5) is 26.7. The Morgan fingerprint density at radius 1 is 1.12 bits per heavy atom. The summed E-state index contributed by atoms with van der Waals surface area (Å²) in [6.45, 7) is 5.37. The second kappa shape index (κ2) is 6.64. The van der Waals surface area contributed by atoms with Crippen molar-refractivity contribution in [2.24, 2.45) is 0 Å². The van der Waals surface area contributed by atoms with E-state index in [1.54, 1.807) is 26.8 Å². The molecule has 5 heteroatoms. The molecule has 1 unspecified atom stereocenters. The SMILES string of the molecule is CC(C)(C)OC(=O)N1C(=O)C(Cc2ccc(Br)cc2)c2ccccc21. The number of imide groups is 1. The molecular formula is C20H20BrNO3. The second-order valence-corrected chi connectivity index (χ2v) is 8.01. The van der Waals surface area contributed by atoms with Gasteiger partial charge in [0.2, 0.25) is 5.91 Å². The van der Waals surface area contributed by atoms with E-state index in [-0.39, 0.29) is 11.8 Å². The molecule has 0 bridgehead atoms. The number of carbonyl (C=O) groups excluding carboxylic acids is 2. The quantitative estimate of drug-likeness (QED) is 0.706. The number of nitrogens with zero attached hydrogens (tertiary/aromatic N) is 1. The molecule has 0 aliphatic carbocycles. The van der Waals surface area contributed by atoms with Crippen molar-refractivity contribution < 1.29 is 14.3 Å². The second-order valence-electron chi connectivity index (χ2n) is 7.10. The van der Waals surface area contributed by atoms with Crippen LogP contribution < -0.4 is 4.90 Å². The standard InChI is InChI=1S/C20H20BrNO3/c1-20(2,3)25-19(24)22-17-7-5-4-6-15(17)16(18(22)23)12-13-8-10-14(21)11-9-13/h4-11,16H,12H2,1-3H3. The Hall–Kier alpha value is -2.14. The number of para-hydroxylation sites is 1. The van der Waals surface area contributed by atoms with Crippen LogP contribution in [0.2, 0.25) is 0 Å². The molecule has 3 rings (SSSR count). The molecule has 2 amide bonds. The van der Waals surface area contributed by atoms with Crippen LogP contribution in [0, 0.1) is 0 Å². The predicted octanol–water partition coefficient (Wildman–Crippen LogP) is 5.06. The van der Waals surface area contributed by atoms with Gasteiger partial charge in [-0.1, -0.05) is 46.3 Å². The third-order valence-electron chi connectivity index (χ3n) is 4.00. The van der Waals surface area contributed by atoms with Crippen LogP contribution in [0.25, 0.3) is 0 Å². The summed E-state index contributed by atoms with van der Waals surface area (Å²) in [5.41, 5.74) is 1.86. The van der Waals surface area contributed by atoms with E-state index in [2.05, 4.69) is 15.9 Å². The Morgan fingerprint density at radius 2 is 1.76 bits per heavy atom. The van der Waals surface area contributed by atoms with Crippen molar-refractivity contribution in [1.82, 2.24) is 0 Å². The number of amides is 2. The summed E-state index contributed by atoms with van der Waals surface area (Å²) >= 11 is 3.42. The zero-order valence-electron chi connectivity index (χ0n) is 14.5. The minimum absolute atomic E-state index is 0.238. The van der Waals surface area contributed by atoms with Gasteiger partial charge in [-0.2, -0.15) is 0 Å². The highest BCUT2D eigenvalue weighted by Gasteiger charge is 2.42. The first-order valence-electron chi connectivity index (χ1n) is 8.16. The Kier molecular flexibility index (Phi) is 4.69. The van der Waals surface area contributed by atoms with Crippen molar-refractivity contribution in [2.75, 3.05) is 4.90 Å². The topological polar surface area (TPSA) is 46.6 Å². The predicted molar refractivity (Wildman–Crippen MR) is 101 cm³/mol. The molecule has 0 N–H and O–H groups in total. The van der Waals surface area contributed by atoms with Gasteiger partial charge in [0.15, 0.2) is 0 Å². The molecule has 1 aliphatic heterocycles. The molecule has 4 nitrogen and oxygen atoms in total. The third kappa shape index (κ3) is 3.76. The van der Waals surface area contributed by atoms with Gasteiger partial charge in [0.25, 0.3) is 0 Å². The number of fused-ring (bicyclic) bond motifs is 1. The molecule has 1 heterocycles. The minimum atomic E-state index is -0.657. The van der Waals surface area contributed by atoms with Gasteiger partial charge < -0.3 is 4.74 Å². The van der Waals surface area contributed by atoms with Crippen molar-refractivity contribution >= 4 is 33.6 Å². The Bertz CT molecular complexity index is 808. The lowest BCUT2D eigenvalue weighted by Gasteiger charge is -2.24. The lowest BCUT2D eigenvalue weighted by molar-refractivity contribution is -0.119. The normalized spacial score (nSPS) is 16.7. The molecule has 2 aromatic carbocycles. The van der Waals surface area contributed by atoms with E-state index in [1.807, 2.05) is 42.5 Å². The smallest absolute Gasteiger partial charge is 0.421 e. The summed E-state index contributed by atoms with van der Waals surface area (Å²) in [6.07, 6.45) is -0.0779. The van der Waals surface area contributed by atoms with Crippen molar-refractivity contribution in [3.8, 4) is 0 Å². The highest BCUT2D eigenvalue weighted by Crippen LogP contribution is 2.39. The highest BCUT2D eigenvalue weighted by atomic mass is 79.9. The fourth-order valence-corrected chi connectivity index (χ4v) is 3.21. The Morgan fingerprint density at radius 3 is 2.40 bits per heavy atom. The first kappa shape index (κ1) is 17.7. The molecule has 130 valence electrons. The zero-order chi connectivity index (χ0) is 18.2. The van der Waals surface area contributed by atoms with Crippen LogP contribution in [0.15, 0.2) is 53.0 Å². The van der Waals surface area contributed by atoms with Crippen LogP contribution in [0.4, 0.5) is 10.5 Å². The number of carbonyl (C=O) groups is 2. The summed E-state index contributed by atoms with van der Waals surface area (Å²) < 4.78 is 6.41. The zero-order valence-corrected chi connectivity index (χ0v) is 16.0. The molecule has 1 aliphatic rings. The van der Waals surface area contributed by atoms with Crippen LogP contribution in [-0.2, 0) is 16.0 Å². The highest BCUT2D eigenvalue weighted by molar-refractivity contribution is 9.10. The summed E-state index contributed by atoms with van der Waals surface area (Å²) in [5.74, 6) is -0.622. The van der Waals surface area contributed by atoms with Crippen molar-refractivity contribution in [3.63, 3.8) is 0 Å². The van der Waals surface area contributed by atoms with Crippen LogP contribution in [0.1, 0.15) is 37.8 Å². The fourth-order valence-electron chi connectivity index (χ4n) is 2.94. The molecular weight excluding hydrogens is 382 g/mol. The number of ether oxygens (including phenoxy) is 1. The van der Waals surface area contributed by atoms with E-state index >= 15 is 0 Å². The summed E-state index contributed by atoms with van der Waals surface area (Å²) in [7, 11) is 0. The average molecular weight is 402 g/mol. The number of halogens is 1. The van der Waals surface area contributed by atoms with Crippen molar-refractivity contribution in [2.45, 2.75) is 38.7 Å². The fraction of sp³-hybridized carbons (Fsp3) is 0.300. The molecule has 0 aromatic heterocycles. The van der Waals surface area contributed by atoms with E-state index in [9.17, 15) is 9.59 Å². The van der Waals surface area contributed by atoms with Gasteiger partial charge in [0.05, 0.1) is 11.6 Å². The maximum absolute atomic E-state index is 13.0.